The normalized spacial score (nSPS) is 10.4. The van der Waals surface area contributed by atoms with Crippen molar-refractivity contribution in [1.29, 1.82) is 5.26 Å². The minimum atomic E-state index is 0.806. The van der Waals surface area contributed by atoms with Crippen molar-refractivity contribution in [2.45, 2.75) is 11.8 Å². The Morgan fingerprint density at radius 1 is 1.25 bits per heavy atom. The van der Waals surface area contributed by atoms with Gasteiger partial charge in [0.05, 0.1) is 5.39 Å². The molecule has 0 aliphatic carbocycles. The van der Waals surface area contributed by atoms with Crippen LogP contribution in [0.3, 0.4) is 0 Å². The maximum absolute atomic E-state index is 8.63. The number of hydrogen-bond donors (Lipinski definition) is 1. The second-order valence-corrected chi connectivity index (χ2v) is 6.23. The summed E-state index contributed by atoms with van der Waals surface area (Å²) >= 11 is 2.81. The van der Waals surface area contributed by atoms with E-state index in [0.29, 0.717) is 0 Å². The molecule has 98 valence electrons. The minimum absolute atomic E-state index is 0.806. The average Bonchev–Trinajstić information content (AvgIpc) is 2.83. The Kier molecular flexibility index (Phi) is 3.54. The number of aromatic nitrogens is 2. The van der Waals surface area contributed by atoms with Gasteiger partial charge >= 0.3 is 0 Å². The number of aryl methyl sites for hydroxylation is 1. The van der Waals surface area contributed by atoms with Crippen LogP contribution in [0, 0.1) is 17.6 Å². The molecule has 0 saturated carbocycles. The van der Waals surface area contributed by atoms with Crippen LogP contribution in [0.2, 0.25) is 0 Å². The van der Waals surface area contributed by atoms with E-state index in [9.17, 15) is 0 Å². The molecule has 1 N–H and O–H groups in total. The number of thiophene rings is 1. The third kappa shape index (κ3) is 2.59. The van der Waals surface area contributed by atoms with Gasteiger partial charge in [-0.3, -0.25) is 0 Å². The van der Waals surface area contributed by atoms with Crippen molar-refractivity contribution in [2.24, 2.45) is 0 Å². The number of rotatable bonds is 3. The number of fused-ring (bicyclic) bond motifs is 1. The first-order chi connectivity index (χ1) is 9.76. The van der Waals surface area contributed by atoms with Crippen LogP contribution in [0.25, 0.3) is 10.2 Å². The number of nitriles is 1. The maximum Gasteiger partial charge on any atom is 0.142 e. The molecule has 3 rings (SSSR count). The summed E-state index contributed by atoms with van der Waals surface area (Å²) in [5, 5.41) is 15.0. The maximum atomic E-state index is 8.63. The van der Waals surface area contributed by atoms with Crippen molar-refractivity contribution in [2.75, 3.05) is 5.32 Å². The summed E-state index contributed by atoms with van der Waals surface area (Å²) in [7, 11) is 0. The largest absolute Gasteiger partial charge is 0.340 e. The highest BCUT2D eigenvalue weighted by atomic mass is 32.2. The van der Waals surface area contributed by atoms with Gasteiger partial charge in [-0.05, 0) is 49.0 Å². The van der Waals surface area contributed by atoms with Crippen LogP contribution < -0.4 is 5.32 Å². The van der Waals surface area contributed by atoms with E-state index in [2.05, 4.69) is 33.7 Å². The van der Waals surface area contributed by atoms with Crippen molar-refractivity contribution < 1.29 is 0 Å². The zero-order chi connectivity index (χ0) is 13.9. The molecule has 0 bridgehead atoms. The summed E-state index contributed by atoms with van der Waals surface area (Å²) in [6.45, 7) is 2.06. The molecule has 0 atom stereocenters. The summed E-state index contributed by atoms with van der Waals surface area (Å²) in [6.07, 6.45) is 1.57. The van der Waals surface area contributed by atoms with Crippen molar-refractivity contribution in [3.8, 4) is 5.40 Å². The highest BCUT2D eigenvalue weighted by molar-refractivity contribution is 8.03. The van der Waals surface area contributed by atoms with Gasteiger partial charge in [-0.2, -0.15) is 5.26 Å². The third-order valence-corrected chi connectivity index (χ3v) is 4.29. The highest BCUT2D eigenvalue weighted by Crippen LogP contribution is 2.29. The van der Waals surface area contributed by atoms with E-state index in [4.69, 9.17) is 5.26 Å². The molecule has 0 amide bonds. The standard InChI is InChI=1S/C14H10N4S2/c1-9-6-12-13(16-8-17-14(12)20-9)18-10-2-4-11(5-3-10)19-7-15/h2-6,8H,1H3,(H,16,17,18). The highest BCUT2D eigenvalue weighted by Gasteiger charge is 2.07. The smallest absolute Gasteiger partial charge is 0.142 e. The van der Waals surface area contributed by atoms with E-state index in [1.807, 2.05) is 24.3 Å². The van der Waals surface area contributed by atoms with Gasteiger partial charge in [-0.25, -0.2) is 9.97 Å². The molecule has 0 radical (unpaired) electrons. The first-order valence-corrected chi connectivity index (χ1v) is 7.54. The number of nitrogens with one attached hydrogen (secondary N) is 1. The topological polar surface area (TPSA) is 61.6 Å². The van der Waals surface area contributed by atoms with Gasteiger partial charge in [-0.1, -0.05) is 0 Å². The predicted molar refractivity (Wildman–Crippen MR) is 83.3 cm³/mol. The Morgan fingerprint density at radius 2 is 2.05 bits per heavy atom. The summed E-state index contributed by atoms with van der Waals surface area (Å²) < 4.78 is 0. The quantitative estimate of drug-likeness (QED) is 0.576. The SMILES string of the molecule is Cc1cc2c(Nc3ccc(SC#N)cc3)ncnc2s1. The van der Waals surface area contributed by atoms with Gasteiger partial charge in [0.1, 0.15) is 22.4 Å². The van der Waals surface area contributed by atoms with Crippen LogP contribution in [-0.2, 0) is 0 Å². The summed E-state index contributed by atoms with van der Waals surface area (Å²) in [5.74, 6) is 0.806. The first-order valence-electron chi connectivity index (χ1n) is 5.90. The number of thioether (sulfide) groups is 1. The van der Waals surface area contributed by atoms with E-state index in [1.54, 1.807) is 17.7 Å². The van der Waals surface area contributed by atoms with E-state index in [0.717, 1.165) is 38.4 Å². The molecule has 4 nitrogen and oxygen atoms in total. The molecular weight excluding hydrogens is 288 g/mol. The zero-order valence-electron chi connectivity index (χ0n) is 10.6. The second kappa shape index (κ2) is 5.49. The number of thiocyanates is 1. The number of benzene rings is 1. The first kappa shape index (κ1) is 12.9. The van der Waals surface area contributed by atoms with Crippen LogP contribution in [-0.4, -0.2) is 9.97 Å². The van der Waals surface area contributed by atoms with Gasteiger partial charge in [0.25, 0.3) is 0 Å². The van der Waals surface area contributed by atoms with Crippen molar-refractivity contribution >= 4 is 44.8 Å². The lowest BCUT2D eigenvalue weighted by molar-refractivity contribution is 1.23. The lowest BCUT2D eigenvalue weighted by Crippen LogP contribution is -1.94. The molecule has 20 heavy (non-hydrogen) atoms. The molecule has 2 aromatic heterocycles. The van der Waals surface area contributed by atoms with Crippen LogP contribution in [0.15, 0.2) is 41.6 Å². The fourth-order valence-corrected chi connectivity index (χ4v) is 3.10. The van der Waals surface area contributed by atoms with Crippen molar-refractivity contribution in [3.05, 3.63) is 41.5 Å². The second-order valence-electron chi connectivity index (χ2n) is 4.14. The summed E-state index contributed by atoms with van der Waals surface area (Å²) in [4.78, 5) is 11.7. The number of hydrogen-bond acceptors (Lipinski definition) is 6. The van der Waals surface area contributed by atoms with Gasteiger partial charge < -0.3 is 5.32 Å². The van der Waals surface area contributed by atoms with Crippen LogP contribution in [0.5, 0.6) is 0 Å². The molecule has 1 aromatic carbocycles. The van der Waals surface area contributed by atoms with Gasteiger partial charge in [0.2, 0.25) is 0 Å². The Balaban J connectivity index is 1.91. The fraction of sp³-hybridized carbons (Fsp3) is 0.0714. The third-order valence-electron chi connectivity index (χ3n) is 2.73. The van der Waals surface area contributed by atoms with Crippen LogP contribution >= 0.6 is 23.1 Å². The molecule has 0 saturated heterocycles. The molecule has 0 aliphatic heterocycles. The molecule has 0 spiro atoms. The van der Waals surface area contributed by atoms with Gasteiger partial charge in [0.15, 0.2) is 0 Å². The molecule has 0 aliphatic rings. The Bertz CT molecular complexity index is 787. The van der Waals surface area contributed by atoms with Crippen LogP contribution in [0.1, 0.15) is 4.88 Å². The van der Waals surface area contributed by atoms with Crippen molar-refractivity contribution in [3.63, 3.8) is 0 Å². The minimum Gasteiger partial charge on any atom is -0.340 e. The molecule has 0 fully saturated rings. The van der Waals surface area contributed by atoms with E-state index >= 15 is 0 Å². The average molecular weight is 298 g/mol. The fourth-order valence-electron chi connectivity index (χ4n) is 1.87. The number of anilines is 2. The summed E-state index contributed by atoms with van der Waals surface area (Å²) in [6, 6.07) is 9.78. The van der Waals surface area contributed by atoms with Gasteiger partial charge in [-0.15, -0.1) is 11.3 Å². The Morgan fingerprint density at radius 3 is 2.80 bits per heavy atom. The zero-order valence-corrected chi connectivity index (χ0v) is 12.3. The number of nitrogens with zero attached hydrogens (tertiary/aromatic N) is 3. The lowest BCUT2D eigenvalue weighted by Gasteiger charge is -2.06. The summed E-state index contributed by atoms with van der Waals surface area (Å²) in [5.41, 5.74) is 0.941. The van der Waals surface area contributed by atoms with Crippen molar-refractivity contribution in [1.82, 2.24) is 9.97 Å². The van der Waals surface area contributed by atoms with E-state index in [-0.39, 0.29) is 0 Å². The molecule has 3 aromatic rings. The molecule has 6 heteroatoms. The van der Waals surface area contributed by atoms with Gasteiger partial charge in [0, 0.05) is 15.5 Å². The Hall–Kier alpha value is -2.10. The van der Waals surface area contributed by atoms with Crippen LogP contribution in [0.4, 0.5) is 11.5 Å². The lowest BCUT2D eigenvalue weighted by atomic mass is 10.3. The predicted octanol–water partition coefficient (Wildman–Crippen LogP) is 4.32. The molecule has 0 unspecified atom stereocenters. The van der Waals surface area contributed by atoms with E-state index < -0.39 is 0 Å². The molecule has 2 heterocycles. The Labute approximate surface area is 124 Å². The molecular formula is C14H10N4S2. The van der Waals surface area contributed by atoms with E-state index in [1.165, 1.54) is 4.88 Å². The monoisotopic (exact) mass is 298 g/mol.